The molecule has 9 heteroatoms. The maximum Gasteiger partial charge on any atom is 0.328 e. The Morgan fingerprint density at radius 2 is 1.86 bits per heavy atom. The lowest BCUT2D eigenvalue weighted by atomic mass is 10.2. The zero-order valence-corrected chi connectivity index (χ0v) is 16.7. The van der Waals surface area contributed by atoms with Crippen LogP contribution in [0.4, 0.5) is 0 Å². The number of hydrogen-bond donors (Lipinski definition) is 1. The van der Waals surface area contributed by atoms with Crippen molar-refractivity contribution in [2.24, 2.45) is 14.1 Å². The minimum atomic E-state index is -0.322. The number of carbonyl (C=O) groups excluding carboxylic acids is 1. The van der Waals surface area contributed by atoms with Crippen LogP contribution in [0, 0.1) is 0 Å². The fraction of sp³-hybridized carbons (Fsp3) is 0.200. The van der Waals surface area contributed by atoms with E-state index in [4.69, 9.17) is 11.6 Å². The minimum Gasteiger partial charge on any atom is -0.347 e. The molecule has 0 atom stereocenters. The highest BCUT2D eigenvalue weighted by atomic mass is 35.5. The quantitative estimate of drug-likeness (QED) is 0.546. The van der Waals surface area contributed by atoms with Crippen molar-refractivity contribution in [3.63, 3.8) is 0 Å². The summed E-state index contributed by atoms with van der Waals surface area (Å²) in [6, 6.07) is 13.1. The first-order valence-electron chi connectivity index (χ1n) is 9.00. The van der Waals surface area contributed by atoms with E-state index in [1.807, 2.05) is 36.4 Å². The van der Waals surface area contributed by atoms with Crippen LogP contribution in [0.5, 0.6) is 0 Å². The van der Waals surface area contributed by atoms with Crippen molar-refractivity contribution < 1.29 is 4.79 Å². The van der Waals surface area contributed by atoms with E-state index < -0.39 is 0 Å². The third-order valence-corrected chi connectivity index (χ3v) is 5.22. The van der Waals surface area contributed by atoms with Crippen LogP contribution in [0.2, 0.25) is 5.02 Å². The van der Waals surface area contributed by atoms with Gasteiger partial charge in [0, 0.05) is 25.7 Å². The number of imidazole rings is 1. The van der Waals surface area contributed by atoms with Gasteiger partial charge in [-0.1, -0.05) is 41.1 Å². The molecule has 0 aliphatic carbocycles. The summed E-state index contributed by atoms with van der Waals surface area (Å²) in [5, 5.41) is 11.4. The molecule has 8 nitrogen and oxygen atoms in total. The van der Waals surface area contributed by atoms with E-state index >= 15 is 0 Å². The topological polar surface area (TPSA) is 86.7 Å². The smallest absolute Gasteiger partial charge is 0.328 e. The molecule has 148 valence electrons. The van der Waals surface area contributed by atoms with E-state index in [9.17, 15) is 9.59 Å². The lowest BCUT2D eigenvalue weighted by molar-refractivity contribution is 0.0946. The third kappa shape index (κ3) is 3.66. The number of aryl methyl sites for hydroxylation is 2. The molecular weight excluding hydrogens is 392 g/mol. The van der Waals surface area contributed by atoms with Crippen LogP contribution >= 0.6 is 11.6 Å². The van der Waals surface area contributed by atoms with Gasteiger partial charge >= 0.3 is 5.69 Å². The van der Waals surface area contributed by atoms with Crippen molar-refractivity contribution in [2.75, 3.05) is 0 Å². The second-order valence-electron chi connectivity index (χ2n) is 6.80. The van der Waals surface area contributed by atoms with E-state index in [1.54, 1.807) is 40.2 Å². The van der Waals surface area contributed by atoms with Gasteiger partial charge in [0.15, 0.2) is 5.69 Å². The van der Waals surface area contributed by atoms with Crippen LogP contribution in [0.3, 0.4) is 0 Å². The van der Waals surface area contributed by atoms with E-state index in [0.29, 0.717) is 18.1 Å². The molecule has 0 aliphatic rings. The Morgan fingerprint density at radius 3 is 2.66 bits per heavy atom. The lowest BCUT2D eigenvalue weighted by Crippen LogP contribution is -2.23. The SMILES string of the molecule is Cn1c(=O)n(C)c2cc(CNC(=O)c3cn(Cc4ccccc4Cl)nn3)ccc21. The van der Waals surface area contributed by atoms with Gasteiger partial charge in [-0.25, -0.2) is 9.48 Å². The molecule has 0 spiro atoms. The highest BCUT2D eigenvalue weighted by Gasteiger charge is 2.13. The molecule has 2 aromatic carbocycles. The first-order valence-corrected chi connectivity index (χ1v) is 9.38. The number of halogens is 1. The standard InChI is InChI=1S/C20H19ClN6O2/c1-25-17-8-7-13(9-18(17)26(2)20(25)29)10-22-19(28)16-12-27(24-23-16)11-14-5-3-4-6-15(14)21/h3-9,12H,10-11H2,1-2H3,(H,22,28). The second-order valence-corrected chi connectivity index (χ2v) is 7.21. The number of nitrogens with zero attached hydrogens (tertiary/aromatic N) is 5. The number of amides is 1. The number of hydrogen-bond acceptors (Lipinski definition) is 4. The van der Waals surface area contributed by atoms with Crippen molar-refractivity contribution in [3.8, 4) is 0 Å². The van der Waals surface area contributed by atoms with Gasteiger partial charge in [0.25, 0.3) is 5.91 Å². The molecule has 2 aromatic heterocycles. The highest BCUT2D eigenvalue weighted by Crippen LogP contribution is 2.16. The largest absolute Gasteiger partial charge is 0.347 e. The van der Waals surface area contributed by atoms with E-state index in [0.717, 1.165) is 22.2 Å². The van der Waals surface area contributed by atoms with Crippen molar-refractivity contribution >= 4 is 28.5 Å². The van der Waals surface area contributed by atoms with Gasteiger partial charge in [-0.3, -0.25) is 13.9 Å². The molecule has 0 bridgehead atoms. The Bertz CT molecular complexity index is 1270. The second kappa shape index (κ2) is 7.56. The molecule has 4 rings (SSSR count). The van der Waals surface area contributed by atoms with Gasteiger partial charge < -0.3 is 5.32 Å². The number of benzene rings is 2. The van der Waals surface area contributed by atoms with Gasteiger partial charge in [0.2, 0.25) is 0 Å². The zero-order chi connectivity index (χ0) is 20.5. The first-order chi connectivity index (χ1) is 13.9. The van der Waals surface area contributed by atoms with Crippen LogP contribution in [0.1, 0.15) is 21.6 Å². The maximum absolute atomic E-state index is 12.4. The predicted molar refractivity (Wildman–Crippen MR) is 110 cm³/mol. The Morgan fingerprint density at radius 1 is 1.10 bits per heavy atom. The molecule has 0 fully saturated rings. The Hall–Kier alpha value is -3.39. The van der Waals surface area contributed by atoms with Crippen LogP contribution in [0.15, 0.2) is 53.5 Å². The third-order valence-electron chi connectivity index (χ3n) is 4.85. The predicted octanol–water partition coefficient (Wildman–Crippen LogP) is 2.10. The molecule has 0 saturated heterocycles. The fourth-order valence-electron chi connectivity index (χ4n) is 3.22. The van der Waals surface area contributed by atoms with Crippen molar-refractivity contribution in [2.45, 2.75) is 13.1 Å². The van der Waals surface area contributed by atoms with Gasteiger partial charge in [-0.05, 0) is 29.3 Å². The van der Waals surface area contributed by atoms with Crippen molar-refractivity contribution in [3.05, 3.63) is 81.0 Å². The summed E-state index contributed by atoms with van der Waals surface area (Å²) in [4.78, 5) is 24.5. The molecular formula is C20H19ClN6O2. The van der Waals surface area contributed by atoms with Crippen LogP contribution in [-0.4, -0.2) is 30.0 Å². The van der Waals surface area contributed by atoms with Crippen molar-refractivity contribution in [1.29, 1.82) is 0 Å². The van der Waals surface area contributed by atoms with Crippen molar-refractivity contribution in [1.82, 2.24) is 29.4 Å². The number of nitrogens with one attached hydrogen (secondary N) is 1. The number of aromatic nitrogens is 5. The molecule has 1 N–H and O–H groups in total. The molecule has 0 aliphatic heterocycles. The van der Waals surface area contributed by atoms with E-state index in [-0.39, 0.29) is 17.3 Å². The van der Waals surface area contributed by atoms with Crippen LogP contribution in [0.25, 0.3) is 11.0 Å². The summed E-state index contributed by atoms with van der Waals surface area (Å²) in [6.45, 7) is 0.744. The summed E-state index contributed by atoms with van der Waals surface area (Å²) in [6.07, 6.45) is 1.59. The van der Waals surface area contributed by atoms with Gasteiger partial charge in [0.05, 0.1) is 23.8 Å². The average Bonchev–Trinajstić information content (AvgIpc) is 3.27. The molecule has 1 amide bonds. The Kier molecular flexibility index (Phi) is 4.94. The summed E-state index contributed by atoms with van der Waals surface area (Å²) >= 11 is 6.16. The summed E-state index contributed by atoms with van der Waals surface area (Å²) < 4.78 is 4.75. The Labute approximate surface area is 171 Å². The molecule has 2 heterocycles. The molecule has 29 heavy (non-hydrogen) atoms. The first kappa shape index (κ1) is 18.9. The van der Waals surface area contributed by atoms with Crippen LogP contribution in [-0.2, 0) is 27.2 Å². The normalized spacial score (nSPS) is 11.1. The lowest BCUT2D eigenvalue weighted by Gasteiger charge is -2.05. The van der Waals surface area contributed by atoms with Crippen LogP contribution < -0.4 is 11.0 Å². The molecule has 0 unspecified atom stereocenters. The molecule has 0 saturated carbocycles. The maximum atomic E-state index is 12.4. The molecule has 4 aromatic rings. The van der Waals surface area contributed by atoms with Gasteiger partial charge in [0.1, 0.15) is 0 Å². The average molecular weight is 411 g/mol. The number of carbonyl (C=O) groups is 1. The molecule has 0 radical (unpaired) electrons. The fourth-order valence-corrected chi connectivity index (χ4v) is 3.41. The van der Waals surface area contributed by atoms with Gasteiger partial charge in [-0.15, -0.1) is 5.10 Å². The number of fused-ring (bicyclic) bond motifs is 1. The summed E-state index contributed by atoms with van der Waals surface area (Å²) in [7, 11) is 3.46. The van der Waals surface area contributed by atoms with E-state index in [2.05, 4.69) is 15.6 Å². The van der Waals surface area contributed by atoms with E-state index in [1.165, 1.54) is 0 Å². The summed E-state index contributed by atoms with van der Waals surface area (Å²) in [5.74, 6) is -0.322. The number of rotatable bonds is 5. The minimum absolute atomic E-state index is 0.0867. The zero-order valence-electron chi connectivity index (χ0n) is 16.0. The van der Waals surface area contributed by atoms with Gasteiger partial charge in [-0.2, -0.15) is 0 Å². The highest BCUT2D eigenvalue weighted by molar-refractivity contribution is 6.31. The monoisotopic (exact) mass is 410 g/mol. The Balaban J connectivity index is 1.44. The summed E-state index contributed by atoms with van der Waals surface area (Å²) in [5.41, 5.74) is 3.58.